The lowest BCUT2D eigenvalue weighted by atomic mass is 10.2. The molecule has 100 valence electrons. The normalized spacial score (nSPS) is 10.5. The number of nitrogens with two attached hydrogens (primary N) is 1. The van der Waals surface area contributed by atoms with Gasteiger partial charge in [0.05, 0.1) is 6.54 Å². The number of rotatable bonds is 4. The third kappa shape index (κ3) is 3.16. The molecule has 0 atom stereocenters. The summed E-state index contributed by atoms with van der Waals surface area (Å²) in [7, 11) is 1.70. The SMILES string of the molecule is CN(Cc1ccccc1Cl)C(=O)c1ccc(CN)o1. The van der Waals surface area contributed by atoms with E-state index in [4.69, 9.17) is 21.8 Å². The average Bonchev–Trinajstić information content (AvgIpc) is 2.89. The Bertz CT molecular complexity index is 580. The Morgan fingerprint density at radius 3 is 2.68 bits per heavy atom. The number of carbonyl (C=O) groups is 1. The summed E-state index contributed by atoms with van der Waals surface area (Å²) in [6, 6.07) is 10.8. The molecular formula is C14H15ClN2O2. The third-order valence-electron chi connectivity index (χ3n) is 2.79. The van der Waals surface area contributed by atoms with Crippen molar-refractivity contribution < 1.29 is 9.21 Å². The maximum Gasteiger partial charge on any atom is 0.289 e. The van der Waals surface area contributed by atoms with Crippen LogP contribution in [0.1, 0.15) is 21.9 Å². The van der Waals surface area contributed by atoms with Gasteiger partial charge in [-0.25, -0.2) is 0 Å². The Kier molecular flexibility index (Phi) is 4.24. The van der Waals surface area contributed by atoms with Crippen molar-refractivity contribution in [1.82, 2.24) is 4.90 Å². The maximum atomic E-state index is 12.1. The molecule has 0 aliphatic heterocycles. The number of hydrogen-bond donors (Lipinski definition) is 1. The van der Waals surface area contributed by atoms with E-state index in [1.54, 1.807) is 30.1 Å². The summed E-state index contributed by atoms with van der Waals surface area (Å²) in [6.07, 6.45) is 0. The van der Waals surface area contributed by atoms with Crippen molar-refractivity contribution in [3.8, 4) is 0 Å². The topological polar surface area (TPSA) is 59.5 Å². The van der Waals surface area contributed by atoms with Gasteiger partial charge in [0, 0.05) is 18.6 Å². The standard InChI is InChI=1S/C14H15ClN2O2/c1-17(9-10-4-2-3-5-12(10)15)14(18)13-7-6-11(8-16)19-13/h2-7H,8-9,16H2,1H3. The fourth-order valence-electron chi connectivity index (χ4n) is 1.74. The van der Waals surface area contributed by atoms with Crippen molar-refractivity contribution in [2.45, 2.75) is 13.1 Å². The van der Waals surface area contributed by atoms with Gasteiger partial charge < -0.3 is 15.1 Å². The van der Waals surface area contributed by atoms with Crippen molar-refractivity contribution in [3.63, 3.8) is 0 Å². The molecule has 0 aliphatic rings. The van der Waals surface area contributed by atoms with E-state index < -0.39 is 0 Å². The molecule has 1 aromatic carbocycles. The number of amides is 1. The van der Waals surface area contributed by atoms with Gasteiger partial charge in [-0.05, 0) is 23.8 Å². The number of halogens is 1. The van der Waals surface area contributed by atoms with Crippen molar-refractivity contribution in [3.05, 3.63) is 58.5 Å². The molecule has 0 fully saturated rings. The first-order valence-electron chi connectivity index (χ1n) is 5.89. The highest BCUT2D eigenvalue weighted by Gasteiger charge is 2.16. The smallest absolute Gasteiger partial charge is 0.289 e. The maximum absolute atomic E-state index is 12.1. The van der Waals surface area contributed by atoms with Crippen LogP contribution in [0.25, 0.3) is 0 Å². The number of furan rings is 1. The summed E-state index contributed by atoms with van der Waals surface area (Å²) in [5.74, 6) is 0.684. The molecule has 0 spiro atoms. The van der Waals surface area contributed by atoms with E-state index >= 15 is 0 Å². The molecule has 19 heavy (non-hydrogen) atoms. The van der Waals surface area contributed by atoms with Crippen LogP contribution in [0.4, 0.5) is 0 Å². The van der Waals surface area contributed by atoms with Gasteiger partial charge in [-0.1, -0.05) is 29.8 Å². The summed E-state index contributed by atoms with van der Waals surface area (Å²) in [4.78, 5) is 13.7. The van der Waals surface area contributed by atoms with Crippen molar-refractivity contribution in [2.75, 3.05) is 7.05 Å². The summed E-state index contributed by atoms with van der Waals surface area (Å²) in [5.41, 5.74) is 6.34. The Balaban J connectivity index is 2.09. The number of carbonyl (C=O) groups excluding carboxylic acids is 1. The lowest BCUT2D eigenvalue weighted by molar-refractivity contribution is 0.0751. The van der Waals surface area contributed by atoms with Crippen LogP contribution in [0.5, 0.6) is 0 Å². The first-order chi connectivity index (χ1) is 9.11. The first kappa shape index (κ1) is 13.6. The fourth-order valence-corrected chi connectivity index (χ4v) is 1.94. The van der Waals surface area contributed by atoms with E-state index in [2.05, 4.69) is 0 Å². The summed E-state index contributed by atoms with van der Waals surface area (Å²) in [5, 5.41) is 0.643. The predicted octanol–water partition coefficient (Wildman–Crippen LogP) is 2.66. The zero-order valence-electron chi connectivity index (χ0n) is 10.6. The summed E-state index contributed by atoms with van der Waals surface area (Å²) < 4.78 is 5.33. The monoisotopic (exact) mass is 278 g/mol. The molecule has 0 aliphatic carbocycles. The lowest BCUT2D eigenvalue weighted by Gasteiger charge is -2.16. The van der Waals surface area contributed by atoms with E-state index in [9.17, 15) is 4.79 Å². The minimum absolute atomic E-state index is 0.195. The molecule has 1 heterocycles. The van der Waals surface area contributed by atoms with E-state index in [0.29, 0.717) is 17.3 Å². The molecule has 5 heteroatoms. The Labute approximate surface area is 116 Å². The first-order valence-corrected chi connectivity index (χ1v) is 6.27. The zero-order valence-corrected chi connectivity index (χ0v) is 11.4. The highest BCUT2D eigenvalue weighted by molar-refractivity contribution is 6.31. The van der Waals surface area contributed by atoms with E-state index in [-0.39, 0.29) is 18.2 Å². The molecule has 0 saturated heterocycles. The van der Waals surface area contributed by atoms with Crippen LogP contribution in [0.3, 0.4) is 0 Å². The molecular weight excluding hydrogens is 264 g/mol. The van der Waals surface area contributed by atoms with E-state index in [1.807, 2.05) is 18.2 Å². The van der Waals surface area contributed by atoms with Gasteiger partial charge in [-0.15, -0.1) is 0 Å². The second kappa shape index (κ2) is 5.91. The van der Waals surface area contributed by atoms with Crippen LogP contribution < -0.4 is 5.73 Å². The number of hydrogen-bond acceptors (Lipinski definition) is 3. The lowest BCUT2D eigenvalue weighted by Crippen LogP contribution is -2.25. The predicted molar refractivity (Wildman–Crippen MR) is 73.8 cm³/mol. The Morgan fingerprint density at radius 2 is 2.05 bits per heavy atom. The second-order valence-corrected chi connectivity index (χ2v) is 4.63. The van der Waals surface area contributed by atoms with Crippen LogP contribution in [0, 0.1) is 0 Å². The molecule has 2 N–H and O–H groups in total. The highest BCUT2D eigenvalue weighted by atomic mass is 35.5. The molecule has 1 aromatic heterocycles. The largest absolute Gasteiger partial charge is 0.455 e. The molecule has 0 radical (unpaired) electrons. The fraction of sp³-hybridized carbons (Fsp3) is 0.214. The summed E-state index contributed by atoms with van der Waals surface area (Å²) in [6.45, 7) is 0.707. The van der Waals surface area contributed by atoms with E-state index in [0.717, 1.165) is 5.56 Å². The van der Waals surface area contributed by atoms with Crippen LogP contribution in [0.2, 0.25) is 5.02 Å². The van der Waals surface area contributed by atoms with Crippen molar-refractivity contribution in [2.24, 2.45) is 5.73 Å². The van der Waals surface area contributed by atoms with Gasteiger partial charge in [-0.2, -0.15) is 0 Å². The second-order valence-electron chi connectivity index (χ2n) is 4.22. The van der Waals surface area contributed by atoms with Crippen molar-refractivity contribution in [1.29, 1.82) is 0 Å². The average molecular weight is 279 g/mol. The minimum atomic E-state index is -0.195. The molecule has 2 aromatic rings. The highest BCUT2D eigenvalue weighted by Crippen LogP contribution is 2.18. The van der Waals surface area contributed by atoms with Crippen LogP contribution in [-0.2, 0) is 13.1 Å². The molecule has 0 saturated carbocycles. The van der Waals surface area contributed by atoms with Gasteiger partial charge in [0.15, 0.2) is 5.76 Å². The quantitative estimate of drug-likeness (QED) is 0.935. The van der Waals surface area contributed by atoms with Crippen LogP contribution in [-0.4, -0.2) is 17.9 Å². The van der Waals surface area contributed by atoms with Crippen molar-refractivity contribution >= 4 is 17.5 Å². The van der Waals surface area contributed by atoms with Gasteiger partial charge in [-0.3, -0.25) is 4.79 Å². The third-order valence-corrected chi connectivity index (χ3v) is 3.15. The number of nitrogens with zero attached hydrogens (tertiary/aromatic N) is 1. The Morgan fingerprint density at radius 1 is 1.32 bits per heavy atom. The van der Waals surface area contributed by atoms with Gasteiger partial charge >= 0.3 is 0 Å². The van der Waals surface area contributed by atoms with Gasteiger partial charge in [0.25, 0.3) is 5.91 Å². The molecule has 2 rings (SSSR count). The summed E-state index contributed by atoms with van der Waals surface area (Å²) >= 11 is 6.07. The Hall–Kier alpha value is -1.78. The van der Waals surface area contributed by atoms with Gasteiger partial charge in [0.2, 0.25) is 0 Å². The van der Waals surface area contributed by atoms with Gasteiger partial charge in [0.1, 0.15) is 5.76 Å². The van der Waals surface area contributed by atoms with Crippen LogP contribution >= 0.6 is 11.6 Å². The zero-order chi connectivity index (χ0) is 13.8. The molecule has 4 nitrogen and oxygen atoms in total. The van der Waals surface area contributed by atoms with Crippen LogP contribution in [0.15, 0.2) is 40.8 Å². The molecule has 1 amide bonds. The van der Waals surface area contributed by atoms with E-state index in [1.165, 1.54) is 0 Å². The molecule has 0 bridgehead atoms. The number of benzene rings is 1. The minimum Gasteiger partial charge on any atom is -0.455 e. The molecule has 0 unspecified atom stereocenters.